The third kappa shape index (κ3) is 4.13. The van der Waals surface area contributed by atoms with Crippen molar-refractivity contribution in [3.05, 3.63) is 102 Å². The summed E-state index contributed by atoms with van der Waals surface area (Å²) >= 11 is 0. The highest BCUT2D eigenvalue weighted by atomic mass is 19.4. The normalized spacial score (nSPS) is 19.4. The van der Waals surface area contributed by atoms with Crippen molar-refractivity contribution in [3.63, 3.8) is 0 Å². The lowest BCUT2D eigenvalue weighted by Crippen LogP contribution is -2.61. The summed E-state index contributed by atoms with van der Waals surface area (Å²) in [4.78, 5) is 21.3. The molecule has 0 radical (unpaired) electrons. The average Bonchev–Trinajstić information content (AvgIpc) is 2.87. The van der Waals surface area contributed by atoms with Crippen LogP contribution in [-0.4, -0.2) is 29.0 Å². The van der Waals surface area contributed by atoms with Crippen molar-refractivity contribution in [2.75, 3.05) is 23.3 Å². The molecule has 5 nitrogen and oxygen atoms in total. The molecular formula is C27H25F3N4O. The third-order valence-corrected chi connectivity index (χ3v) is 7.06. The number of hydrogen-bond donors (Lipinski definition) is 1. The fourth-order valence-electron chi connectivity index (χ4n) is 5.22. The predicted octanol–water partition coefficient (Wildman–Crippen LogP) is 6.49. The number of halogens is 3. The van der Waals surface area contributed by atoms with Crippen LogP contribution in [0.4, 0.5) is 29.5 Å². The SMILES string of the molecule is C=C1N(c2ccccn2)C(c2ccccc2)C12CCN(C(=O)Nc1ccc(C(F)(F)F)cc1)CC2. The number of aromatic nitrogens is 1. The van der Waals surface area contributed by atoms with Gasteiger partial charge in [-0.15, -0.1) is 0 Å². The summed E-state index contributed by atoms with van der Waals surface area (Å²) in [5.74, 6) is 0.847. The molecule has 5 rings (SSSR count). The third-order valence-electron chi connectivity index (χ3n) is 7.06. The molecule has 1 atom stereocenters. The zero-order valence-electron chi connectivity index (χ0n) is 19.0. The van der Waals surface area contributed by atoms with Crippen LogP contribution in [-0.2, 0) is 6.18 Å². The van der Waals surface area contributed by atoms with Gasteiger partial charge in [0.05, 0.1) is 11.6 Å². The lowest BCUT2D eigenvalue weighted by molar-refractivity contribution is -0.137. The first-order valence-electron chi connectivity index (χ1n) is 11.5. The lowest BCUT2D eigenvalue weighted by atomic mass is 9.60. The van der Waals surface area contributed by atoms with E-state index in [1.807, 2.05) is 36.4 Å². The number of anilines is 2. The van der Waals surface area contributed by atoms with Gasteiger partial charge in [-0.25, -0.2) is 9.78 Å². The summed E-state index contributed by atoms with van der Waals surface area (Å²) in [5.41, 5.74) is 1.56. The Labute approximate surface area is 201 Å². The van der Waals surface area contributed by atoms with Crippen LogP contribution < -0.4 is 10.2 Å². The number of hydrogen-bond acceptors (Lipinski definition) is 3. The van der Waals surface area contributed by atoms with Gasteiger partial charge in [-0.3, -0.25) is 0 Å². The molecule has 1 aromatic heterocycles. The van der Waals surface area contributed by atoms with E-state index in [1.54, 1.807) is 11.1 Å². The molecule has 3 aromatic rings. The number of carbonyl (C=O) groups excluding carboxylic acids is 1. The van der Waals surface area contributed by atoms with Crippen LogP contribution in [0.5, 0.6) is 0 Å². The molecule has 2 aromatic carbocycles. The van der Waals surface area contributed by atoms with E-state index in [0.29, 0.717) is 18.8 Å². The molecule has 1 spiro atoms. The molecule has 2 fully saturated rings. The smallest absolute Gasteiger partial charge is 0.324 e. The first-order valence-corrected chi connectivity index (χ1v) is 11.5. The van der Waals surface area contributed by atoms with Gasteiger partial charge in [-0.2, -0.15) is 13.2 Å². The minimum atomic E-state index is -4.41. The Hall–Kier alpha value is -3.81. The van der Waals surface area contributed by atoms with E-state index >= 15 is 0 Å². The second-order valence-electron chi connectivity index (χ2n) is 8.97. The Morgan fingerprint density at radius 1 is 0.971 bits per heavy atom. The van der Waals surface area contributed by atoms with Crippen LogP contribution in [0.25, 0.3) is 0 Å². The van der Waals surface area contributed by atoms with Gasteiger partial charge in [0, 0.05) is 36.1 Å². The number of urea groups is 1. The summed E-state index contributed by atoms with van der Waals surface area (Å²) < 4.78 is 38.4. The molecule has 8 heteroatoms. The summed E-state index contributed by atoms with van der Waals surface area (Å²) in [5, 5.41) is 2.72. The quantitative estimate of drug-likeness (QED) is 0.468. The molecule has 0 saturated carbocycles. The standard InChI is InChI=1S/C27H25F3N4O/c1-19-26(24(20-7-3-2-4-8-20)34(19)23-9-5-6-16-31-23)14-17-33(18-15-26)25(35)32-22-12-10-21(11-13-22)27(28,29)30/h2-13,16,24H,1,14-15,17-18H2,(H,32,35). The number of rotatable bonds is 3. The molecule has 2 aliphatic heterocycles. The van der Waals surface area contributed by atoms with Gasteiger partial charge in [-0.1, -0.05) is 43.0 Å². The topological polar surface area (TPSA) is 48.5 Å². The molecule has 35 heavy (non-hydrogen) atoms. The fraction of sp³-hybridized carbons (Fsp3) is 0.259. The van der Waals surface area contributed by atoms with E-state index in [4.69, 9.17) is 0 Å². The molecule has 0 aliphatic carbocycles. The minimum Gasteiger partial charge on any atom is -0.324 e. The van der Waals surface area contributed by atoms with Crippen LogP contribution in [0, 0.1) is 5.41 Å². The van der Waals surface area contributed by atoms with Crippen molar-refractivity contribution in [2.24, 2.45) is 5.41 Å². The van der Waals surface area contributed by atoms with E-state index in [0.717, 1.165) is 36.5 Å². The van der Waals surface area contributed by atoms with Gasteiger partial charge in [0.15, 0.2) is 0 Å². The van der Waals surface area contributed by atoms with E-state index in [1.165, 1.54) is 17.7 Å². The highest BCUT2D eigenvalue weighted by Gasteiger charge is 2.58. The summed E-state index contributed by atoms with van der Waals surface area (Å²) in [6.07, 6.45) is -1.18. The molecule has 2 aliphatic rings. The Kier molecular flexibility index (Phi) is 5.75. The van der Waals surface area contributed by atoms with Crippen molar-refractivity contribution in [1.29, 1.82) is 0 Å². The van der Waals surface area contributed by atoms with Gasteiger partial charge in [0.2, 0.25) is 0 Å². The Bertz CT molecular complexity index is 1200. The number of carbonyl (C=O) groups is 1. The number of benzene rings is 2. The largest absolute Gasteiger partial charge is 0.416 e. The Balaban J connectivity index is 1.30. The molecule has 180 valence electrons. The first-order chi connectivity index (χ1) is 16.8. The van der Waals surface area contributed by atoms with Crippen LogP contribution in [0.3, 0.4) is 0 Å². The van der Waals surface area contributed by atoms with Crippen molar-refractivity contribution >= 4 is 17.5 Å². The monoisotopic (exact) mass is 478 g/mol. The predicted molar refractivity (Wildman–Crippen MR) is 129 cm³/mol. The second kappa shape index (κ2) is 8.76. The van der Waals surface area contributed by atoms with E-state index in [-0.39, 0.29) is 17.5 Å². The maximum atomic E-state index is 12.8. The Morgan fingerprint density at radius 3 is 2.23 bits per heavy atom. The van der Waals surface area contributed by atoms with E-state index in [2.05, 4.69) is 33.9 Å². The molecule has 2 amide bonds. The van der Waals surface area contributed by atoms with Crippen molar-refractivity contribution in [2.45, 2.75) is 25.1 Å². The summed E-state index contributed by atoms with van der Waals surface area (Å²) in [6, 6.07) is 20.3. The van der Waals surface area contributed by atoms with Crippen LogP contribution >= 0.6 is 0 Å². The number of piperidine rings is 1. The average molecular weight is 479 g/mol. The van der Waals surface area contributed by atoms with Crippen LogP contribution in [0.1, 0.15) is 30.0 Å². The first kappa shape index (κ1) is 23.0. The number of alkyl halides is 3. The van der Waals surface area contributed by atoms with E-state index < -0.39 is 11.7 Å². The minimum absolute atomic E-state index is 0.0613. The molecule has 0 bridgehead atoms. The van der Waals surface area contributed by atoms with E-state index in [9.17, 15) is 18.0 Å². The number of pyridine rings is 1. The van der Waals surface area contributed by atoms with Gasteiger partial charge >= 0.3 is 12.2 Å². The van der Waals surface area contributed by atoms with Crippen molar-refractivity contribution in [1.82, 2.24) is 9.88 Å². The lowest BCUT2D eigenvalue weighted by Gasteiger charge is -2.62. The molecular weight excluding hydrogens is 453 g/mol. The number of nitrogens with one attached hydrogen (secondary N) is 1. The maximum absolute atomic E-state index is 12.8. The fourth-order valence-corrected chi connectivity index (χ4v) is 5.22. The highest BCUT2D eigenvalue weighted by molar-refractivity contribution is 5.89. The summed E-state index contributed by atoms with van der Waals surface area (Å²) in [7, 11) is 0. The summed E-state index contributed by atoms with van der Waals surface area (Å²) in [6.45, 7) is 5.45. The maximum Gasteiger partial charge on any atom is 0.416 e. The van der Waals surface area contributed by atoms with Gasteiger partial charge in [0.25, 0.3) is 0 Å². The zero-order valence-corrected chi connectivity index (χ0v) is 19.0. The second-order valence-corrected chi connectivity index (χ2v) is 8.97. The molecule has 2 saturated heterocycles. The highest BCUT2D eigenvalue weighted by Crippen LogP contribution is 2.62. The zero-order chi connectivity index (χ0) is 24.6. The Morgan fingerprint density at radius 2 is 1.63 bits per heavy atom. The van der Waals surface area contributed by atoms with Crippen molar-refractivity contribution < 1.29 is 18.0 Å². The van der Waals surface area contributed by atoms with Gasteiger partial charge in [0.1, 0.15) is 5.82 Å². The number of likely N-dealkylation sites (tertiary alicyclic amines) is 1. The van der Waals surface area contributed by atoms with Crippen LogP contribution in [0.15, 0.2) is 91.3 Å². The number of nitrogens with zero attached hydrogens (tertiary/aromatic N) is 3. The van der Waals surface area contributed by atoms with Crippen LogP contribution in [0.2, 0.25) is 0 Å². The van der Waals surface area contributed by atoms with Gasteiger partial charge < -0.3 is 15.1 Å². The molecule has 3 heterocycles. The van der Waals surface area contributed by atoms with Crippen molar-refractivity contribution in [3.8, 4) is 0 Å². The van der Waals surface area contributed by atoms with Gasteiger partial charge in [-0.05, 0) is 54.8 Å². The molecule has 1 unspecified atom stereocenters. The number of amides is 2. The molecule has 1 N–H and O–H groups in total.